The lowest BCUT2D eigenvalue weighted by atomic mass is 10.2. The van der Waals surface area contributed by atoms with Gasteiger partial charge in [0.15, 0.2) is 5.13 Å². The topological polar surface area (TPSA) is 50.2 Å². The predicted octanol–water partition coefficient (Wildman–Crippen LogP) is 2.83. The summed E-state index contributed by atoms with van der Waals surface area (Å²) in [6.07, 6.45) is 2.80. The summed E-state index contributed by atoms with van der Waals surface area (Å²) in [5.41, 5.74) is 2.83. The SMILES string of the molecule is Cc1cc(C(=O)N2CCCNCC2)c(C)n1-c1nccs1.Cl.Cl. The summed E-state index contributed by atoms with van der Waals surface area (Å²) in [6, 6.07) is 1.98. The minimum absolute atomic E-state index is 0. The summed E-state index contributed by atoms with van der Waals surface area (Å²) in [5, 5.41) is 6.20. The molecule has 0 aliphatic carbocycles. The number of aryl methyl sites for hydroxylation is 1. The van der Waals surface area contributed by atoms with E-state index in [4.69, 9.17) is 0 Å². The molecule has 128 valence electrons. The van der Waals surface area contributed by atoms with Crippen molar-refractivity contribution in [3.05, 3.63) is 34.6 Å². The molecule has 1 amide bonds. The summed E-state index contributed by atoms with van der Waals surface area (Å²) >= 11 is 1.59. The Labute approximate surface area is 152 Å². The van der Waals surface area contributed by atoms with Crippen molar-refractivity contribution in [2.24, 2.45) is 0 Å². The Bertz CT molecular complexity index is 634. The highest BCUT2D eigenvalue weighted by molar-refractivity contribution is 7.12. The Morgan fingerprint density at radius 2 is 2.04 bits per heavy atom. The Balaban J connectivity index is 0.00000132. The molecule has 0 saturated carbocycles. The average molecular weight is 377 g/mol. The second-order valence-corrected chi connectivity index (χ2v) is 6.20. The van der Waals surface area contributed by atoms with Crippen LogP contribution in [0.3, 0.4) is 0 Å². The van der Waals surface area contributed by atoms with Gasteiger partial charge in [-0.1, -0.05) is 0 Å². The first-order valence-corrected chi connectivity index (χ1v) is 8.15. The van der Waals surface area contributed by atoms with Crippen LogP contribution in [-0.4, -0.2) is 46.5 Å². The number of halogens is 2. The molecule has 3 heterocycles. The average Bonchev–Trinajstić information content (AvgIpc) is 2.97. The van der Waals surface area contributed by atoms with Crippen molar-refractivity contribution in [2.75, 3.05) is 26.2 Å². The van der Waals surface area contributed by atoms with E-state index in [2.05, 4.69) is 14.9 Å². The van der Waals surface area contributed by atoms with Gasteiger partial charge in [0.25, 0.3) is 5.91 Å². The summed E-state index contributed by atoms with van der Waals surface area (Å²) in [6.45, 7) is 7.48. The monoisotopic (exact) mass is 376 g/mol. The number of nitrogens with zero attached hydrogens (tertiary/aromatic N) is 3. The third-order valence-electron chi connectivity index (χ3n) is 3.90. The molecule has 0 bridgehead atoms. The maximum atomic E-state index is 12.8. The predicted molar refractivity (Wildman–Crippen MR) is 98.8 cm³/mol. The fraction of sp³-hybridized carbons (Fsp3) is 0.467. The summed E-state index contributed by atoms with van der Waals surface area (Å²) in [7, 11) is 0. The molecule has 1 N–H and O–H groups in total. The van der Waals surface area contributed by atoms with Gasteiger partial charge in [-0.2, -0.15) is 0 Å². The number of nitrogens with one attached hydrogen (secondary N) is 1. The lowest BCUT2D eigenvalue weighted by Gasteiger charge is -2.19. The number of aromatic nitrogens is 2. The Morgan fingerprint density at radius 3 is 2.74 bits per heavy atom. The van der Waals surface area contributed by atoms with Crippen LogP contribution in [0.2, 0.25) is 0 Å². The molecular formula is C15H22Cl2N4OS. The van der Waals surface area contributed by atoms with E-state index in [-0.39, 0.29) is 30.7 Å². The van der Waals surface area contributed by atoms with Crippen molar-refractivity contribution >= 4 is 42.1 Å². The maximum absolute atomic E-state index is 12.8. The third kappa shape index (κ3) is 4.07. The maximum Gasteiger partial charge on any atom is 0.255 e. The molecule has 1 fully saturated rings. The lowest BCUT2D eigenvalue weighted by molar-refractivity contribution is 0.0765. The smallest absolute Gasteiger partial charge is 0.255 e. The number of thiazole rings is 1. The second-order valence-electron chi connectivity index (χ2n) is 5.33. The van der Waals surface area contributed by atoms with E-state index in [1.54, 1.807) is 17.5 Å². The number of amides is 1. The standard InChI is InChI=1S/C15H20N4OS.2ClH/c1-11-10-13(12(2)19(11)15-17-6-9-21-15)14(20)18-7-3-4-16-5-8-18;;/h6,9-10,16H,3-5,7-8H2,1-2H3;2*1H. The summed E-state index contributed by atoms with van der Waals surface area (Å²) in [4.78, 5) is 19.1. The minimum Gasteiger partial charge on any atom is -0.337 e. The number of carbonyl (C=O) groups excluding carboxylic acids is 1. The molecule has 8 heteroatoms. The van der Waals surface area contributed by atoms with Gasteiger partial charge in [0.1, 0.15) is 0 Å². The van der Waals surface area contributed by atoms with E-state index in [1.165, 1.54) is 0 Å². The molecule has 23 heavy (non-hydrogen) atoms. The molecular weight excluding hydrogens is 355 g/mol. The minimum atomic E-state index is 0. The molecule has 1 aliphatic rings. The van der Waals surface area contributed by atoms with Crippen LogP contribution in [0.25, 0.3) is 5.13 Å². The van der Waals surface area contributed by atoms with Gasteiger partial charge in [-0.15, -0.1) is 36.2 Å². The molecule has 1 saturated heterocycles. The van der Waals surface area contributed by atoms with Crippen molar-refractivity contribution in [1.82, 2.24) is 19.8 Å². The highest BCUT2D eigenvalue weighted by Gasteiger charge is 2.22. The molecule has 1 aliphatic heterocycles. The van der Waals surface area contributed by atoms with Crippen LogP contribution in [-0.2, 0) is 0 Å². The quantitative estimate of drug-likeness (QED) is 0.876. The molecule has 0 atom stereocenters. The molecule has 3 rings (SSSR count). The molecule has 0 unspecified atom stereocenters. The van der Waals surface area contributed by atoms with Crippen LogP contribution in [0.5, 0.6) is 0 Å². The zero-order valence-electron chi connectivity index (χ0n) is 13.2. The van der Waals surface area contributed by atoms with Gasteiger partial charge in [0, 0.05) is 42.6 Å². The summed E-state index contributed by atoms with van der Waals surface area (Å²) in [5.74, 6) is 0.134. The molecule has 2 aromatic rings. The largest absolute Gasteiger partial charge is 0.337 e. The van der Waals surface area contributed by atoms with E-state index in [9.17, 15) is 4.79 Å². The highest BCUT2D eigenvalue weighted by Crippen LogP contribution is 2.23. The highest BCUT2D eigenvalue weighted by atomic mass is 35.5. The van der Waals surface area contributed by atoms with Crippen molar-refractivity contribution in [3.8, 4) is 5.13 Å². The van der Waals surface area contributed by atoms with Gasteiger partial charge in [-0.3, -0.25) is 9.36 Å². The van der Waals surface area contributed by atoms with E-state index >= 15 is 0 Å². The summed E-state index contributed by atoms with van der Waals surface area (Å²) < 4.78 is 2.06. The molecule has 5 nitrogen and oxygen atoms in total. The Morgan fingerprint density at radius 1 is 1.26 bits per heavy atom. The van der Waals surface area contributed by atoms with Crippen LogP contribution in [0.15, 0.2) is 17.6 Å². The molecule has 0 spiro atoms. The van der Waals surface area contributed by atoms with E-state index in [0.29, 0.717) is 0 Å². The van der Waals surface area contributed by atoms with Gasteiger partial charge in [-0.25, -0.2) is 4.98 Å². The third-order valence-corrected chi connectivity index (χ3v) is 4.66. The number of hydrogen-bond donors (Lipinski definition) is 1. The van der Waals surface area contributed by atoms with Crippen LogP contribution in [0.4, 0.5) is 0 Å². The van der Waals surface area contributed by atoms with Gasteiger partial charge < -0.3 is 10.2 Å². The Hall–Kier alpha value is -1.08. The molecule has 2 aromatic heterocycles. The molecule has 0 aromatic carbocycles. The van der Waals surface area contributed by atoms with Crippen molar-refractivity contribution in [2.45, 2.75) is 20.3 Å². The number of hydrogen-bond acceptors (Lipinski definition) is 4. The van der Waals surface area contributed by atoms with Gasteiger partial charge in [0.2, 0.25) is 0 Å². The van der Waals surface area contributed by atoms with E-state index in [0.717, 1.165) is 54.7 Å². The zero-order chi connectivity index (χ0) is 14.8. The van der Waals surface area contributed by atoms with E-state index < -0.39 is 0 Å². The van der Waals surface area contributed by atoms with Crippen molar-refractivity contribution < 1.29 is 4.79 Å². The zero-order valence-corrected chi connectivity index (χ0v) is 15.7. The van der Waals surface area contributed by atoms with Gasteiger partial charge >= 0.3 is 0 Å². The van der Waals surface area contributed by atoms with Gasteiger partial charge in [-0.05, 0) is 32.9 Å². The second kappa shape index (κ2) is 8.68. The number of carbonyl (C=O) groups is 1. The molecule has 0 radical (unpaired) electrons. The van der Waals surface area contributed by atoms with Crippen molar-refractivity contribution in [1.29, 1.82) is 0 Å². The van der Waals surface area contributed by atoms with Crippen LogP contribution in [0.1, 0.15) is 28.2 Å². The van der Waals surface area contributed by atoms with Crippen LogP contribution in [0, 0.1) is 13.8 Å². The first-order valence-electron chi connectivity index (χ1n) is 7.27. The van der Waals surface area contributed by atoms with Gasteiger partial charge in [0.05, 0.1) is 5.56 Å². The van der Waals surface area contributed by atoms with E-state index in [1.807, 2.05) is 30.2 Å². The normalized spacial score (nSPS) is 14.6. The first kappa shape index (κ1) is 20.0. The van der Waals surface area contributed by atoms with Crippen LogP contribution >= 0.6 is 36.2 Å². The van der Waals surface area contributed by atoms with Crippen LogP contribution < -0.4 is 5.32 Å². The fourth-order valence-electron chi connectivity index (χ4n) is 2.82. The van der Waals surface area contributed by atoms with Crippen molar-refractivity contribution in [3.63, 3.8) is 0 Å². The number of rotatable bonds is 2. The Kier molecular flexibility index (Phi) is 7.54. The first-order chi connectivity index (χ1) is 10.2. The fourth-order valence-corrected chi connectivity index (χ4v) is 3.57. The lowest BCUT2D eigenvalue weighted by Crippen LogP contribution is -2.34.